The maximum atomic E-state index is 11.9. The zero-order chi connectivity index (χ0) is 15.4. The number of hydrogen-bond acceptors (Lipinski definition) is 4. The van der Waals surface area contributed by atoms with Gasteiger partial charge in [-0.1, -0.05) is 29.3 Å². The van der Waals surface area contributed by atoms with Crippen molar-refractivity contribution in [2.24, 2.45) is 5.73 Å². The summed E-state index contributed by atoms with van der Waals surface area (Å²) in [5, 5.41) is 0.597. The molecule has 5 nitrogen and oxygen atoms in total. The Morgan fingerprint density at radius 2 is 1.86 bits per heavy atom. The molecule has 1 amide bonds. The van der Waals surface area contributed by atoms with Crippen molar-refractivity contribution in [3.05, 3.63) is 63.4 Å². The topological polar surface area (TPSA) is 82.3 Å². The quantitative estimate of drug-likeness (QED) is 0.692. The van der Waals surface area contributed by atoms with Gasteiger partial charge >= 0.3 is 5.97 Å². The molecule has 1 aromatic carbocycles. The fraction of sp³-hybridized carbons (Fsp3) is 0.0714. The zero-order valence-electron chi connectivity index (χ0n) is 10.7. The van der Waals surface area contributed by atoms with Crippen molar-refractivity contribution in [3.8, 4) is 0 Å². The number of pyridine rings is 1. The summed E-state index contributed by atoms with van der Waals surface area (Å²) in [4.78, 5) is 26.9. The van der Waals surface area contributed by atoms with E-state index < -0.39 is 11.9 Å². The Balaban J connectivity index is 2.10. The summed E-state index contributed by atoms with van der Waals surface area (Å²) in [6, 6.07) is 9.02. The van der Waals surface area contributed by atoms with E-state index in [9.17, 15) is 9.59 Å². The van der Waals surface area contributed by atoms with Gasteiger partial charge in [0.25, 0.3) is 0 Å². The van der Waals surface area contributed by atoms with Crippen LogP contribution in [0.2, 0.25) is 10.2 Å². The van der Waals surface area contributed by atoms with E-state index in [4.69, 9.17) is 33.7 Å². The Morgan fingerprint density at radius 1 is 1.14 bits per heavy atom. The fourth-order valence-electron chi connectivity index (χ4n) is 1.58. The summed E-state index contributed by atoms with van der Waals surface area (Å²) < 4.78 is 5.09. The molecular weight excluding hydrogens is 315 g/mol. The van der Waals surface area contributed by atoms with Crippen LogP contribution in [0.1, 0.15) is 26.4 Å². The lowest BCUT2D eigenvalue weighted by atomic mass is 10.1. The largest absolute Gasteiger partial charge is 0.456 e. The Bertz CT molecular complexity index is 704. The van der Waals surface area contributed by atoms with Gasteiger partial charge in [0.1, 0.15) is 11.8 Å². The van der Waals surface area contributed by atoms with Crippen LogP contribution in [0.15, 0.2) is 36.4 Å². The van der Waals surface area contributed by atoms with E-state index in [1.54, 1.807) is 12.1 Å². The molecule has 1 aromatic heterocycles. The van der Waals surface area contributed by atoms with Crippen LogP contribution >= 0.6 is 23.2 Å². The number of carbonyl (C=O) groups excluding carboxylic acids is 2. The number of carbonyl (C=O) groups is 2. The molecule has 0 aliphatic rings. The maximum absolute atomic E-state index is 11.9. The van der Waals surface area contributed by atoms with Crippen molar-refractivity contribution in [1.29, 1.82) is 0 Å². The highest BCUT2D eigenvalue weighted by molar-refractivity contribution is 6.32. The number of halogens is 2. The minimum absolute atomic E-state index is 0.126. The molecule has 0 atom stereocenters. The summed E-state index contributed by atoms with van der Waals surface area (Å²) >= 11 is 11.7. The Hall–Kier alpha value is -2.11. The third-order valence-electron chi connectivity index (χ3n) is 2.61. The highest BCUT2D eigenvalue weighted by Crippen LogP contribution is 2.18. The molecular formula is C14H10Cl2N2O3. The van der Waals surface area contributed by atoms with Crippen LogP contribution in [-0.2, 0) is 11.3 Å². The smallest absolute Gasteiger partial charge is 0.338 e. The molecule has 0 saturated carbocycles. The molecule has 0 unspecified atom stereocenters. The fourth-order valence-corrected chi connectivity index (χ4v) is 1.90. The Labute approximate surface area is 130 Å². The Morgan fingerprint density at radius 3 is 2.57 bits per heavy atom. The lowest BCUT2D eigenvalue weighted by Crippen LogP contribution is -2.13. The molecule has 2 aromatic rings. The average Bonchev–Trinajstić information content (AvgIpc) is 2.48. The van der Waals surface area contributed by atoms with Crippen molar-refractivity contribution in [1.82, 2.24) is 4.98 Å². The first-order valence-corrected chi connectivity index (χ1v) is 6.61. The maximum Gasteiger partial charge on any atom is 0.338 e. The molecule has 21 heavy (non-hydrogen) atoms. The number of primary amides is 1. The third-order valence-corrected chi connectivity index (χ3v) is 3.16. The molecule has 108 valence electrons. The van der Waals surface area contributed by atoms with Crippen LogP contribution in [0.4, 0.5) is 0 Å². The first-order chi connectivity index (χ1) is 9.97. The van der Waals surface area contributed by atoms with Gasteiger partial charge in [0.2, 0.25) is 5.91 Å². The molecule has 2 N–H and O–H groups in total. The predicted molar refractivity (Wildman–Crippen MR) is 78.3 cm³/mol. The van der Waals surface area contributed by atoms with Crippen molar-refractivity contribution in [3.63, 3.8) is 0 Å². The van der Waals surface area contributed by atoms with Crippen LogP contribution in [0, 0.1) is 0 Å². The van der Waals surface area contributed by atoms with Gasteiger partial charge in [-0.25, -0.2) is 9.78 Å². The van der Waals surface area contributed by atoms with Crippen LogP contribution in [0.3, 0.4) is 0 Å². The summed E-state index contributed by atoms with van der Waals surface area (Å²) in [5.41, 5.74) is 5.94. The number of hydrogen-bond donors (Lipinski definition) is 1. The molecule has 0 aliphatic carbocycles. The summed E-state index contributed by atoms with van der Waals surface area (Å²) in [7, 11) is 0. The van der Waals surface area contributed by atoms with Crippen LogP contribution < -0.4 is 5.73 Å². The third kappa shape index (κ3) is 3.93. The number of amides is 1. The number of rotatable bonds is 4. The monoisotopic (exact) mass is 324 g/mol. The van der Waals surface area contributed by atoms with E-state index in [2.05, 4.69) is 4.98 Å². The highest BCUT2D eigenvalue weighted by Gasteiger charge is 2.12. The van der Waals surface area contributed by atoms with Crippen molar-refractivity contribution >= 4 is 35.1 Å². The van der Waals surface area contributed by atoms with E-state index in [0.717, 1.165) is 0 Å². The lowest BCUT2D eigenvalue weighted by molar-refractivity contribution is 0.0468. The first kappa shape index (κ1) is 15.3. The van der Waals surface area contributed by atoms with Gasteiger partial charge in [0, 0.05) is 5.56 Å². The SMILES string of the molecule is NC(=O)c1cccc(C(=O)OCc2nc(Cl)ccc2Cl)c1. The van der Waals surface area contributed by atoms with Crippen molar-refractivity contribution in [2.75, 3.05) is 0 Å². The molecule has 0 radical (unpaired) electrons. The number of ether oxygens (including phenoxy) is 1. The highest BCUT2D eigenvalue weighted by atomic mass is 35.5. The standard InChI is InChI=1S/C14H10Cl2N2O3/c15-10-4-5-12(16)18-11(10)7-21-14(20)9-3-1-2-8(6-9)13(17)19/h1-6H,7H2,(H2,17,19). The van der Waals surface area contributed by atoms with E-state index >= 15 is 0 Å². The van der Waals surface area contributed by atoms with E-state index in [-0.39, 0.29) is 22.9 Å². The van der Waals surface area contributed by atoms with Gasteiger partial charge in [-0.05, 0) is 30.3 Å². The molecule has 7 heteroatoms. The molecule has 0 spiro atoms. The normalized spacial score (nSPS) is 10.2. The van der Waals surface area contributed by atoms with Gasteiger partial charge in [-0.2, -0.15) is 0 Å². The molecule has 0 aliphatic heterocycles. The number of benzene rings is 1. The van der Waals surface area contributed by atoms with Gasteiger partial charge < -0.3 is 10.5 Å². The molecule has 0 saturated heterocycles. The Kier molecular flexibility index (Phi) is 4.77. The molecule has 0 bridgehead atoms. The van der Waals surface area contributed by atoms with Gasteiger partial charge in [0.05, 0.1) is 16.3 Å². The molecule has 2 rings (SSSR count). The number of esters is 1. The molecule has 0 fully saturated rings. The summed E-state index contributed by atoms with van der Waals surface area (Å²) in [5.74, 6) is -1.24. The number of nitrogens with two attached hydrogens (primary N) is 1. The van der Waals surface area contributed by atoms with Crippen molar-refractivity contribution in [2.45, 2.75) is 6.61 Å². The van der Waals surface area contributed by atoms with Gasteiger partial charge in [0.15, 0.2) is 0 Å². The van der Waals surface area contributed by atoms with Crippen molar-refractivity contribution < 1.29 is 14.3 Å². The minimum atomic E-state index is -0.621. The lowest BCUT2D eigenvalue weighted by Gasteiger charge is -2.07. The summed E-state index contributed by atoms with van der Waals surface area (Å²) in [6.45, 7) is -0.126. The second kappa shape index (κ2) is 6.56. The van der Waals surface area contributed by atoms with Crippen LogP contribution in [-0.4, -0.2) is 16.9 Å². The minimum Gasteiger partial charge on any atom is -0.456 e. The second-order valence-electron chi connectivity index (χ2n) is 4.08. The first-order valence-electron chi connectivity index (χ1n) is 5.85. The van der Waals surface area contributed by atoms with E-state index in [1.807, 2.05) is 0 Å². The van der Waals surface area contributed by atoms with Gasteiger partial charge in [-0.15, -0.1) is 0 Å². The second-order valence-corrected chi connectivity index (χ2v) is 4.88. The number of aromatic nitrogens is 1. The molecule has 1 heterocycles. The van der Waals surface area contributed by atoms with Gasteiger partial charge in [-0.3, -0.25) is 4.79 Å². The van der Waals surface area contributed by atoms with Crippen LogP contribution in [0.25, 0.3) is 0 Å². The van der Waals surface area contributed by atoms with E-state index in [0.29, 0.717) is 10.7 Å². The average molecular weight is 325 g/mol. The predicted octanol–water partition coefficient (Wildman–Crippen LogP) is 2.84. The zero-order valence-corrected chi connectivity index (χ0v) is 12.2. The summed E-state index contributed by atoms with van der Waals surface area (Å²) in [6.07, 6.45) is 0. The van der Waals surface area contributed by atoms with Crippen LogP contribution in [0.5, 0.6) is 0 Å². The number of nitrogens with zero attached hydrogens (tertiary/aromatic N) is 1. The van der Waals surface area contributed by atoms with E-state index in [1.165, 1.54) is 24.3 Å².